The summed E-state index contributed by atoms with van der Waals surface area (Å²) in [4.78, 5) is 24.7. The van der Waals surface area contributed by atoms with Gasteiger partial charge in [-0.25, -0.2) is 0 Å². The summed E-state index contributed by atoms with van der Waals surface area (Å²) in [5.41, 5.74) is 1.70. The minimum Gasteiger partial charge on any atom is -0.488 e. The summed E-state index contributed by atoms with van der Waals surface area (Å²) in [5.74, 6) is 0.229. The van der Waals surface area contributed by atoms with Crippen LogP contribution in [-0.4, -0.2) is 12.4 Å². The molecule has 1 heterocycles. The summed E-state index contributed by atoms with van der Waals surface area (Å²) in [6, 6.07) is 10.2. The van der Waals surface area contributed by atoms with Gasteiger partial charge in [0.1, 0.15) is 23.3 Å². The van der Waals surface area contributed by atoms with Gasteiger partial charge in [0.15, 0.2) is 11.4 Å². The lowest BCUT2D eigenvalue weighted by Gasteiger charge is -2.11. The Labute approximate surface area is 133 Å². The van der Waals surface area contributed by atoms with Crippen LogP contribution in [-0.2, 0) is 0 Å². The minimum absolute atomic E-state index is 0.167. The maximum absolute atomic E-state index is 12.9. The van der Waals surface area contributed by atoms with Crippen LogP contribution in [0.1, 0.15) is 24.2 Å². The van der Waals surface area contributed by atoms with Crippen LogP contribution < -0.4 is 10.2 Å². The quantitative estimate of drug-likeness (QED) is 0.413. The molecule has 0 saturated heterocycles. The standard InChI is InChI=1S/C19H16O4/c1-11(2)10-22-16-9-8-13(12(3)20)19-17(16)18(21)14-6-4-5-7-15(14)23-19/h4-9H,1,10H2,2-3H3. The van der Waals surface area contributed by atoms with E-state index in [2.05, 4.69) is 6.58 Å². The molecule has 116 valence electrons. The molecule has 2 aromatic carbocycles. The number of hydrogen-bond donors (Lipinski definition) is 0. The molecule has 4 nitrogen and oxygen atoms in total. The molecule has 0 spiro atoms. The van der Waals surface area contributed by atoms with Gasteiger partial charge in [-0.2, -0.15) is 0 Å². The summed E-state index contributed by atoms with van der Waals surface area (Å²) < 4.78 is 11.5. The van der Waals surface area contributed by atoms with Crippen LogP contribution in [0.2, 0.25) is 0 Å². The van der Waals surface area contributed by atoms with E-state index in [0.29, 0.717) is 28.9 Å². The maximum Gasteiger partial charge on any atom is 0.204 e. The molecule has 0 atom stereocenters. The van der Waals surface area contributed by atoms with Crippen molar-refractivity contribution in [3.8, 4) is 5.75 Å². The van der Waals surface area contributed by atoms with E-state index in [0.717, 1.165) is 5.57 Å². The van der Waals surface area contributed by atoms with E-state index in [1.165, 1.54) is 6.92 Å². The second-order valence-corrected chi connectivity index (χ2v) is 5.54. The van der Waals surface area contributed by atoms with Crippen molar-refractivity contribution in [2.75, 3.05) is 6.61 Å². The van der Waals surface area contributed by atoms with E-state index in [1.807, 2.05) is 6.92 Å². The normalized spacial score (nSPS) is 10.9. The second kappa shape index (κ2) is 5.72. The molecular formula is C19H16O4. The number of Topliss-reactive ketones (excluding diaryl/α,β-unsaturated/α-hetero) is 1. The summed E-state index contributed by atoms with van der Waals surface area (Å²) in [5, 5.41) is 0.749. The molecule has 3 rings (SSSR count). The van der Waals surface area contributed by atoms with Crippen LogP contribution in [0.25, 0.3) is 21.9 Å². The van der Waals surface area contributed by atoms with Crippen molar-refractivity contribution in [3.63, 3.8) is 0 Å². The van der Waals surface area contributed by atoms with Gasteiger partial charge in [0.25, 0.3) is 0 Å². The Kier molecular flexibility index (Phi) is 3.74. The summed E-state index contributed by atoms with van der Waals surface area (Å²) >= 11 is 0. The highest BCUT2D eigenvalue weighted by atomic mass is 16.5. The molecule has 0 amide bonds. The van der Waals surface area contributed by atoms with E-state index in [9.17, 15) is 9.59 Å². The predicted molar refractivity (Wildman–Crippen MR) is 90.3 cm³/mol. The first-order valence-corrected chi connectivity index (χ1v) is 7.25. The van der Waals surface area contributed by atoms with Crippen LogP contribution >= 0.6 is 0 Å². The van der Waals surface area contributed by atoms with Gasteiger partial charge in [-0.1, -0.05) is 18.7 Å². The first kappa shape index (κ1) is 15.0. The number of benzene rings is 2. The minimum atomic E-state index is -0.207. The summed E-state index contributed by atoms with van der Waals surface area (Å²) in [6.07, 6.45) is 0. The third-order valence-corrected chi connectivity index (χ3v) is 3.54. The predicted octanol–water partition coefficient (Wildman–Crippen LogP) is 4.10. The number of ether oxygens (including phenoxy) is 1. The van der Waals surface area contributed by atoms with Gasteiger partial charge < -0.3 is 9.15 Å². The Hall–Kier alpha value is -2.88. The number of carbonyl (C=O) groups is 1. The van der Waals surface area contributed by atoms with E-state index in [4.69, 9.17) is 9.15 Å². The van der Waals surface area contributed by atoms with Crippen LogP contribution in [0, 0.1) is 0 Å². The smallest absolute Gasteiger partial charge is 0.204 e. The highest BCUT2D eigenvalue weighted by Gasteiger charge is 2.18. The Bertz CT molecular complexity index is 995. The van der Waals surface area contributed by atoms with Crippen molar-refractivity contribution in [2.24, 2.45) is 0 Å². The second-order valence-electron chi connectivity index (χ2n) is 5.54. The van der Waals surface area contributed by atoms with Gasteiger partial charge >= 0.3 is 0 Å². The average Bonchev–Trinajstić information content (AvgIpc) is 2.52. The molecule has 4 heteroatoms. The maximum atomic E-state index is 12.9. The van der Waals surface area contributed by atoms with Gasteiger partial charge in [-0.15, -0.1) is 0 Å². The number of fused-ring (bicyclic) bond motifs is 2. The van der Waals surface area contributed by atoms with Crippen LogP contribution in [0.5, 0.6) is 5.75 Å². The molecular weight excluding hydrogens is 292 g/mol. The molecule has 0 radical (unpaired) electrons. The molecule has 0 fully saturated rings. The van der Waals surface area contributed by atoms with E-state index >= 15 is 0 Å². The summed E-state index contributed by atoms with van der Waals surface area (Å²) in [6.45, 7) is 7.36. The first-order valence-electron chi connectivity index (χ1n) is 7.25. The lowest BCUT2D eigenvalue weighted by atomic mass is 10.0. The van der Waals surface area contributed by atoms with E-state index in [1.54, 1.807) is 36.4 Å². The molecule has 3 aromatic rings. The monoisotopic (exact) mass is 308 g/mol. The van der Waals surface area contributed by atoms with Crippen LogP contribution in [0.4, 0.5) is 0 Å². The number of carbonyl (C=O) groups excluding carboxylic acids is 1. The Morgan fingerprint density at radius 1 is 1.17 bits per heavy atom. The Morgan fingerprint density at radius 3 is 2.61 bits per heavy atom. The third-order valence-electron chi connectivity index (χ3n) is 3.54. The average molecular weight is 308 g/mol. The SMILES string of the molecule is C=C(C)COc1ccc(C(C)=O)c2oc3ccccc3c(=O)c12. The fraction of sp³-hybridized carbons (Fsp3) is 0.158. The van der Waals surface area contributed by atoms with E-state index < -0.39 is 0 Å². The molecule has 1 aromatic heterocycles. The van der Waals surface area contributed by atoms with E-state index in [-0.39, 0.29) is 22.2 Å². The highest BCUT2D eigenvalue weighted by molar-refractivity contribution is 6.08. The number of rotatable bonds is 4. The third kappa shape index (κ3) is 2.63. The van der Waals surface area contributed by atoms with Gasteiger partial charge in [0.05, 0.1) is 10.9 Å². The molecule has 0 saturated carbocycles. The molecule has 23 heavy (non-hydrogen) atoms. The Morgan fingerprint density at radius 2 is 1.91 bits per heavy atom. The molecule has 0 unspecified atom stereocenters. The first-order chi connectivity index (χ1) is 11.0. The van der Waals surface area contributed by atoms with Crippen molar-refractivity contribution in [3.05, 3.63) is 64.3 Å². The van der Waals surface area contributed by atoms with Crippen molar-refractivity contribution in [1.29, 1.82) is 0 Å². The molecule has 0 N–H and O–H groups in total. The summed E-state index contributed by atoms with van der Waals surface area (Å²) in [7, 11) is 0. The molecule has 0 aliphatic rings. The van der Waals surface area contributed by atoms with Gasteiger partial charge in [0, 0.05) is 0 Å². The zero-order chi connectivity index (χ0) is 16.6. The topological polar surface area (TPSA) is 56.5 Å². The van der Waals surface area contributed by atoms with Crippen LogP contribution in [0.3, 0.4) is 0 Å². The highest BCUT2D eigenvalue weighted by Crippen LogP contribution is 2.29. The zero-order valence-electron chi connectivity index (χ0n) is 13.0. The fourth-order valence-electron chi connectivity index (χ4n) is 2.47. The van der Waals surface area contributed by atoms with Gasteiger partial charge in [-0.05, 0) is 43.7 Å². The van der Waals surface area contributed by atoms with Gasteiger partial charge in [0.2, 0.25) is 5.43 Å². The molecule has 0 bridgehead atoms. The van der Waals surface area contributed by atoms with Crippen molar-refractivity contribution in [2.45, 2.75) is 13.8 Å². The largest absolute Gasteiger partial charge is 0.488 e. The molecule has 0 aliphatic heterocycles. The number of hydrogen-bond acceptors (Lipinski definition) is 4. The van der Waals surface area contributed by atoms with Crippen LogP contribution in [0.15, 0.2) is 57.8 Å². The van der Waals surface area contributed by atoms with Crippen molar-refractivity contribution < 1.29 is 13.9 Å². The lowest BCUT2D eigenvalue weighted by molar-refractivity contribution is 0.101. The number of ketones is 1. The fourth-order valence-corrected chi connectivity index (χ4v) is 2.47. The van der Waals surface area contributed by atoms with Crippen molar-refractivity contribution >= 4 is 27.7 Å². The lowest BCUT2D eigenvalue weighted by Crippen LogP contribution is -2.08. The van der Waals surface area contributed by atoms with Crippen molar-refractivity contribution in [1.82, 2.24) is 0 Å². The molecule has 0 aliphatic carbocycles. The zero-order valence-corrected chi connectivity index (χ0v) is 13.0. The Balaban J connectivity index is 2.40. The number of para-hydroxylation sites is 1. The van der Waals surface area contributed by atoms with Gasteiger partial charge in [-0.3, -0.25) is 9.59 Å².